The Kier molecular flexibility index (Phi) is 4.87. The number of likely N-dealkylation sites (N-methyl/N-ethyl adjacent to an activating group) is 1. The molecule has 0 saturated carbocycles. The van der Waals surface area contributed by atoms with Gasteiger partial charge in [0, 0.05) is 44.5 Å². The van der Waals surface area contributed by atoms with Crippen LogP contribution in [0.25, 0.3) is 0 Å². The molecule has 1 spiro atoms. The quantitative estimate of drug-likeness (QED) is 0.835. The SMILES string of the molecule is COc1ccnc(CN2CCC3(CC2)C[C@H](c2ccccc2)C(=O)N3C)c1. The van der Waals surface area contributed by atoms with Crippen LogP contribution in [0, 0.1) is 0 Å². The number of benzene rings is 1. The van der Waals surface area contributed by atoms with Crippen LogP contribution in [0.5, 0.6) is 5.75 Å². The Morgan fingerprint density at radius 1 is 1.19 bits per heavy atom. The van der Waals surface area contributed by atoms with E-state index in [-0.39, 0.29) is 17.4 Å². The smallest absolute Gasteiger partial charge is 0.230 e. The molecule has 4 rings (SSSR count). The first-order chi connectivity index (χ1) is 13.1. The van der Waals surface area contributed by atoms with E-state index in [0.717, 1.165) is 55.9 Å². The van der Waals surface area contributed by atoms with Crippen molar-refractivity contribution in [3.05, 3.63) is 59.9 Å². The molecule has 142 valence electrons. The average molecular weight is 365 g/mol. The first kappa shape index (κ1) is 18.0. The molecule has 0 radical (unpaired) electrons. The zero-order valence-corrected chi connectivity index (χ0v) is 16.1. The third kappa shape index (κ3) is 3.44. The third-order valence-corrected chi connectivity index (χ3v) is 6.32. The Morgan fingerprint density at radius 3 is 2.63 bits per heavy atom. The molecule has 0 aliphatic carbocycles. The Morgan fingerprint density at radius 2 is 1.93 bits per heavy atom. The second-order valence-corrected chi connectivity index (χ2v) is 7.75. The van der Waals surface area contributed by atoms with Crippen molar-refractivity contribution >= 4 is 5.91 Å². The number of likely N-dealkylation sites (tertiary alicyclic amines) is 2. The predicted molar refractivity (Wildman–Crippen MR) is 105 cm³/mol. The fraction of sp³-hybridized carbons (Fsp3) is 0.455. The van der Waals surface area contributed by atoms with Crippen LogP contribution < -0.4 is 4.74 Å². The lowest BCUT2D eigenvalue weighted by Gasteiger charge is -2.43. The maximum atomic E-state index is 12.9. The highest BCUT2D eigenvalue weighted by Gasteiger charge is 2.50. The number of ether oxygens (including phenoxy) is 1. The minimum absolute atomic E-state index is 0.00259. The van der Waals surface area contributed by atoms with Crippen molar-refractivity contribution in [1.29, 1.82) is 0 Å². The number of piperidine rings is 1. The number of amides is 1. The first-order valence-corrected chi connectivity index (χ1v) is 9.65. The van der Waals surface area contributed by atoms with Gasteiger partial charge in [-0.3, -0.25) is 14.7 Å². The Labute approximate surface area is 161 Å². The van der Waals surface area contributed by atoms with Gasteiger partial charge in [-0.25, -0.2) is 0 Å². The summed E-state index contributed by atoms with van der Waals surface area (Å²) < 4.78 is 5.30. The van der Waals surface area contributed by atoms with Crippen molar-refractivity contribution in [2.24, 2.45) is 0 Å². The van der Waals surface area contributed by atoms with Crippen LogP contribution in [0.4, 0.5) is 0 Å². The normalized spacial score (nSPS) is 22.4. The number of aromatic nitrogens is 1. The van der Waals surface area contributed by atoms with Crippen molar-refractivity contribution in [3.63, 3.8) is 0 Å². The first-order valence-electron chi connectivity index (χ1n) is 9.65. The topological polar surface area (TPSA) is 45.7 Å². The van der Waals surface area contributed by atoms with E-state index in [1.807, 2.05) is 42.3 Å². The van der Waals surface area contributed by atoms with Gasteiger partial charge >= 0.3 is 0 Å². The molecule has 1 amide bonds. The van der Waals surface area contributed by atoms with Crippen molar-refractivity contribution in [3.8, 4) is 5.75 Å². The zero-order valence-electron chi connectivity index (χ0n) is 16.1. The van der Waals surface area contributed by atoms with Gasteiger partial charge < -0.3 is 9.64 Å². The highest BCUT2D eigenvalue weighted by molar-refractivity contribution is 5.87. The van der Waals surface area contributed by atoms with Gasteiger partial charge in [0.15, 0.2) is 0 Å². The molecule has 0 N–H and O–H groups in total. The molecule has 0 unspecified atom stereocenters. The second-order valence-electron chi connectivity index (χ2n) is 7.75. The number of pyridine rings is 1. The number of nitrogens with zero attached hydrogens (tertiary/aromatic N) is 3. The Hall–Kier alpha value is -2.40. The molecular weight excluding hydrogens is 338 g/mol. The number of methoxy groups -OCH3 is 1. The van der Waals surface area contributed by atoms with Crippen LogP contribution >= 0.6 is 0 Å². The summed E-state index contributed by atoms with van der Waals surface area (Å²) in [4.78, 5) is 21.8. The van der Waals surface area contributed by atoms with Gasteiger partial charge in [0.05, 0.1) is 18.7 Å². The van der Waals surface area contributed by atoms with E-state index in [1.54, 1.807) is 13.3 Å². The van der Waals surface area contributed by atoms with E-state index in [2.05, 4.69) is 22.0 Å². The van der Waals surface area contributed by atoms with Crippen molar-refractivity contribution < 1.29 is 9.53 Å². The summed E-state index contributed by atoms with van der Waals surface area (Å²) in [6.45, 7) is 2.79. The maximum absolute atomic E-state index is 12.9. The molecule has 1 atom stereocenters. The summed E-state index contributed by atoms with van der Waals surface area (Å²) >= 11 is 0. The van der Waals surface area contributed by atoms with Crippen LogP contribution in [0.1, 0.15) is 36.4 Å². The standard InChI is InChI=1S/C22H27N3O2/c1-24-21(26)20(17-6-4-3-5-7-17)15-22(24)9-12-25(13-10-22)16-18-14-19(27-2)8-11-23-18/h3-8,11,14,20H,9-10,12-13,15-16H2,1-2H3/t20-/m1/s1. The van der Waals surface area contributed by atoms with E-state index < -0.39 is 0 Å². The predicted octanol–water partition coefficient (Wildman–Crippen LogP) is 3.07. The van der Waals surface area contributed by atoms with Crippen LogP contribution in [-0.2, 0) is 11.3 Å². The number of rotatable bonds is 4. The van der Waals surface area contributed by atoms with Gasteiger partial charge in [-0.2, -0.15) is 0 Å². The molecule has 0 bridgehead atoms. The van der Waals surface area contributed by atoms with Gasteiger partial charge in [0.2, 0.25) is 5.91 Å². The van der Waals surface area contributed by atoms with Crippen LogP contribution in [0.2, 0.25) is 0 Å². The molecule has 3 heterocycles. The van der Waals surface area contributed by atoms with Crippen molar-refractivity contribution in [1.82, 2.24) is 14.8 Å². The molecule has 1 aromatic carbocycles. The van der Waals surface area contributed by atoms with Gasteiger partial charge in [-0.15, -0.1) is 0 Å². The summed E-state index contributed by atoms with van der Waals surface area (Å²) in [5.74, 6) is 1.12. The Bertz CT molecular complexity index is 800. The molecule has 2 saturated heterocycles. The number of hydrogen-bond donors (Lipinski definition) is 0. The molecule has 5 nitrogen and oxygen atoms in total. The maximum Gasteiger partial charge on any atom is 0.230 e. The summed E-state index contributed by atoms with van der Waals surface area (Å²) in [5.41, 5.74) is 2.17. The fourth-order valence-corrected chi connectivity index (χ4v) is 4.58. The molecular formula is C22H27N3O2. The molecule has 2 aromatic rings. The lowest BCUT2D eigenvalue weighted by molar-refractivity contribution is -0.131. The van der Waals surface area contributed by atoms with E-state index in [0.29, 0.717) is 0 Å². The van der Waals surface area contributed by atoms with Crippen molar-refractivity contribution in [2.75, 3.05) is 27.2 Å². The average Bonchev–Trinajstić information content (AvgIpc) is 2.96. The number of hydrogen-bond acceptors (Lipinski definition) is 4. The van der Waals surface area contributed by atoms with Gasteiger partial charge in [0.25, 0.3) is 0 Å². The summed E-state index contributed by atoms with van der Waals surface area (Å²) in [5, 5.41) is 0. The van der Waals surface area contributed by atoms with Crippen LogP contribution in [-0.4, -0.2) is 53.5 Å². The van der Waals surface area contributed by atoms with E-state index >= 15 is 0 Å². The summed E-state index contributed by atoms with van der Waals surface area (Å²) in [6, 6.07) is 14.1. The minimum atomic E-state index is -0.00407. The second kappa shape index (κ2) is 7.31. The highest BCUT2D eigenvalue weighted by Crippen LogP contribution is 2.44. The largest absolute Gasteiger partial charge is 0.497 e. The molecule has 5 heteroatoms. The third-order valence-electron chi connectivity index (χ3n) is 6.32. The van der Waals surface area contributed by atoms with Gasteiger partial charge in [0.1, 0.15) is 5.75 Å². The molecule has 27 heavy (non-hydrogen) atoms. The van der Waals surface area contributed by atoms with E-state index in [4.69, 9.17) is 4.74 Å². The molecule has 2 aliphatic heterocycles. The molecule has 1 aromatic heterocycles. The van der Waals surface area contributed by atoms with Gasteiger partial charge in [-0.05, 0) is 30.9 Å². The fourth-order valence-electron chi connectivity index (χ4n) is 4.58. The molecule has 2 fully saturated rings. The van der Waals surface area contributed by atoms with Gasteiger partial charge in [-0.1, -0.05) is 30.3 Å². The van der Waals surface area contributed by atoms with E-state index in [9.17, 15) is 4.79 Å². The minimum Gasteiger partial charge on any atom is -0.497 e. The lowest BCUT2D eigenvalue weighted by atomic mass is 9.81. The van der Waals surface area contributed by atoms with E-state index in [1.165, 1.54) is 0 Å². The zero-order chi connectivity index (χ0) is 18.9. The number of carbonyl (C=O) groups excluding carboxylic acids is 1. The number of carbonyl (C=O) groups is 1. The van der Waals surface area contributed by atoms with Crippen LogP contribution in [0.15, 0.2) is 48.7 Å². The van der Waals surface area contributed by atoms with Crippen molar-refractivity contribution in [2.45, 2.75) is 37.3 Å². The van der Waals surface area contributed by atoms with Crippen LogP contribution in [0.3, 0.4) is 0 Å². The molecule has 2 aliphatic rings. The summed E-state index contributed by atoms with van der Waals surface area (Å²) in [7, 11) is 3.67. The highest BCUT2D eigenvalue weighted by atomic mass is 16.5. The monoisotopic (exact) mass is 365 g/mol. The lowest BCUT2D eigenvalue weighted by Crippen LogP contribution is -2.51. The summed E-state index contributed by atoms with van der Waals surface area (Å²) in [6.07, 6.45) is 4.76. The Balaban J connectivity index is 1.42.